The molecule has 1 amide bonds. The summed E-state index contributed by atoms with van der Waals surface area (Å²) in [6, 6.07) is 1.91. The molecule has 0 aliphatic carbocycles. The third-order valence-electron chi connectivity index (χ3n) is 1.52. The number of hydrogen-bond donors (Lipinski definition) is 1. The molecular weight excluding hydrogens is 202 g/mol. The maximum absolute atomic E-state index is 11.2. The van der Waals surface area contributed by atoms with Gasteiger partial charge >= 0.3 is 4.87 Å². The average molecular weight is 211 g/mol. The van der Waals surface area contributed by atoms with Crippen molar-refractivity contribution in [2.75, 3.05) is 6.54 Å². The topological polar surface area (TPSA) is 74.9 Å². The smallest absolute Gasteiger partial charge is 0.307 e. The normalized spacial score (nSPS) is 9.36. The molecule has 1 aromatic rings. The third kappa shape index (κ3) is 3.03. The van der Waals surface area contributed by atoms with Crippen LogP contribution in [0, 0.1) is 11.3 Å². The van der Waals surface area contributed by atoms with Crippen LogP contribution in [0.25, 0.3) is 0 Å². The van der Waals surface area contributed by atoms with Gasteiger partial charge in [0.25, 0.3) is 0 Å². The van der Waals surface area contributed by atoms with E-state index in [0.717, 1.165) is 11.3 Å². The lowest BCUT2D eigenvalue weighted by molar-refractivity contribution is -0.121. The minimum atomic E-state index is -0.249. The Labute approximate surface area is 84.6 Å². The summed E-state index contributed by atoms with van der Waals surface area (Å²) < 4.78 is 1.33. The Morgan fingerprint density at radius 2 is 2.50 bits per heavy atom. The number of thiazole rings is 1. The van der Waals surface area contributed by atoms with Crippen molar-refractivity contribution in [1.29, 1.82) is 5.26 Å². The highest BCUT2D eigenvalue weighted by Crippen LogP contribution is 1.88. The van der Waals surface area contributed by atoms with Crippen LogP contribution in [0.5, 0.6) is 0 Å². The van der Waals surface area contributed by atoms with Gasteiger partial charge in [0.1, 0.15) is 6.54 Å². The predicted octanol–water partition coefficient (Wildman–Crippen LogP) is -0.0603. The highest BCUT2D eigenvalue weighted by molar-refractivity contribution is 7.07. The van der Waals surface area contributed by atoms with Crippen molar-refractivity contribution in [3.8, 4) is 6.07 Å². The van der Waals surface area contributed by atoms with Crippen LogP contribution in [0.4, 0.5) is 0 Å². The number of nitrogens with zero attached hydrogens (tertiary/aromatic N) is 2. The van der Waals surface area contributed by atoms with Gasteiger partial charge in [-0.25, -0.2) is 0 Å². The Kier molecular flexibility index (Phi) is 3.88. The van der Waals surface area contributed by atoms with Gasteiger partial charge in [-0.15, -0.1) is 0 Å². The molecule has 1 heterocycles. The zero-order chi connectivity index (χ0) is 10.4. The molecule has 0 aliphatic heterocycles. The first kappa shape index (κ1) is 10.5. The molecule has 0 saturated carbocycles. The SMILES string of the molecule is N#CCCNC(=O)Cn1ccsc1=O. The summed E-state index contributed by atoms with van der Waals surface area (Å²) in [5.41, 5.74) is 0. The molecule has 0 unspecified atom stereocenters. The fraction of sp³-hybridized carbons (Fsp3) is 0.375. The van der Waals surface area contributed by atoms with Gasteiger partial charge in [0, 0.05) is 18.1 Å². The molecule has 0 fully saturated rings. The summed E-state index contributed by atoms with van der Waals surface area (Å²) in [6.07, 6.45) is 1.85. The second kappa shape index (κ2) is 5.19. The molecule has 0 spiro atoms. The van der Waals surface area contributed by atoms with Crippen LogP contribution >= 0.6 is 11.3 Å². The Morgan fingerprint density at radius 1 is 1.71 bits per heavy atom. The fourth-order valence-electron chi connectivity index (χ4n) is 0.876. The molecule has 0 bridgehead atoms. The predicted molar refractivity (Wildman–Crippen MR) is 51.8 cm³/mol. The quantitative estimate of drug-likeness (QED) is 0.709. The Hall–Kier alpha value is -1.61. The van der Waals surface area contributed by atoms with E-state index < -0.39 is 0 Å². The average Bonchev–Trinajstić information content (AvgIpc) is 2.52. The third-order valence-corrected chi connectivity index (χ3v) is 2.21. The van der Waals surface area contributed by atoms with E-state index in [0.29, 0.717) is 6.54 Å². The van der Waals surface area contributed by atoms with Crippen molar-refractivity contribution in [3.05, 3.63) is 21.2 Å². The first-order chi connectivity index (χ1) is 6.74. The molecule has 0 aliphatic rings. The summed E-state index contributed by atoms with van der Waals surface area (Å²) in [6.45, 7) is 0.349. The first-order valence-electron chi connectivity index (χ1n) is 4.01. The van der Waals surface area contributed by atoms with E-state index in [-0.39, 0.29) is 23.7 Å². The van der Waals surface area contributed by atoms with Crippen molar-refractivity contribution < 1.29 is 4.79 Å². The number of amides is 1. The van der Waals surface area contributed by atoms with Crippen molar-refractivity contribution >= 4 is 17.2 Å². The molecule has 6 heteroatoms. The van der Waals surface area contributed by atoms with Gasteiger partial charge in [-0.1, -0.05) is 11.3 Å². The highest BCUT2D eigenvalue weighted by atomic mass is 32.1. The van der Waals surface area contributed by atoms with Crippen molar-refractivity contribution in [3.63, 3.8) is 0 Å². The lowest BCUT2D eigenvalue weighted by Gasteiger charge is -2.01. The van der Waals surface area contributed by atoms with Gasteiger partial charge in [0.2, 0.25) is 5.91 Å². The second-order valence-corrected chi connectivity index (χ2v) is 3.41. The van der Waals surface area contributed by atoms with Crippen LogP contribution in [-0.2, 0) is 11.3 Å². The number of nitriles is 1. The van der Waals surface area contributed by atoms with Crippen molar-refractivity contribution in [2.45, 2.75) is 13.0 Å². The summed E-state index contributed by atoms with van der Waals surface area (Å²) in [4.78, 5) is 22.0. The van der Waals surface area contributed by atoms with Gasteiger partial charge in [-0.2, -0.15) is 5.26 Å². The number of hydrogen-bond acceptors (Lipinski definition) is 4. The number of carbonyl (C=O) groups is 1. The zero-order valence-corrected chi connectivity index (χ0v) is 8.21. The minimum absolute atomic E-state index is 0.0216. The van der Waals surface area contributed by atoms with Gasteiger partial charge in [0.15, 0.2) is 0 Å². The summed E-state index contributed by atoms with van der Waals surface area (Å²) in [5.74, 6) is -0.249. The van der Waals surface area contributed by atoms with Crippen LogP contribution in [0.3, 0.4) is 0 Å². The largest absolute Gasteiger partial charge is 0.354 e. The fourth-order valence-corrected chi connectivity index (χ4v) is 1.46. The molecule has 14 heavy (non-hydrogen) atoms. The van der Waals surface area contributed by atoms with E-state index in [1.54, 1.807) is 11.6 Å². The molecule has 5 nitrogen and oxygen atoms in total. The molecule has 0 atom stereocenters. The maximum Gasteiger partial charge on any atom is 0.307 e. The maximum atomic E-state index is 11.2. The number of rotatable bonds is 4. The molecule has 0 radical (unpaired) electrons. The highest BCUT2D eigenvalue weighted by Gasteiger charge is 2.03. The van der Waals surface area contributed by atoms with Gasteiger partial charge in [-0.3, -0.25) is 14.2 Å². The standard InChI is InChI=1S/C8H9N3O2S/c9-2-1-3-10-7(12)6-11-4-5-14-8(11)13/h4-5H,1,3,6H2,(H,10,12). The number of carbonyl (C=O) groups excluding carboxylic acids is 1. The first-order valence-corrected chi connectivity index (χ1v) is 4.89. The van der Waals surface area contributed by atoms with E-state index in [2.05, 4.69) is 5.32 Å². The van der Waals surface area contributed by atoms with Crippen LogP contribution in [-0.4, -0.2) is 17.0 Å². The monoisotopic (exact) mass is 211 g/mol. The molecule has 1 N–H and O–H groups in total. The molecule has 1 aromatic heterocycles. The molecule has 74 valence electrons. The number of nitrogens with one attached hydrogen (secondary N) is 1. The van der Waals surface area contributed by atoms with Crippen LogP contribution in [0.2, 0.25) is 0 Å². The van der Waals surface area contributed by atoms with Crippen LogP contribution < -0.4 is 10.2 Å². The van der Waals surface area contributed by atoms with Crippen LogP contribution in [0.15, 0.2) is 16.4 Å². The lowest BCUT2D eigenvalue weighted by Crippen LogP contribution is -2.30. The molecule has 0 saturated heterocycles. The van der Waals surface area contributed by atoms with Gasteiger partial charge in [-0.05, 0) is 0 Å². The summed E-state index contributed by atoms with van der Waals surface area (Å²) in [7, 11) is 0. The van der Waals surface area contributed by atoms with E-state index in [1.165, 1.54) is 4.57 Å². The Balaban J connectivity index is 2.39. The van der Waals surface area contributed by atoms with E-state index in [1.807, 2.05) is 6.07 Å². The molecule has 0 aromatic carbocycles. The van der Waals surface area contributed by atoms with Crippen molar-refractivity contribution in [1.82, 2.24) is 9.88 Å². The number of aromatic nitrogens is 1. The van der Waals surface area contributed by atoms with Gasteiger partial charge < -0.3 is 5.32 Å². The van der Waals surface area contributed by atoms with E-state index in [9.17, 15) is 9.59 Å². The van der Waals surface area contributed by atoms with Crippen LogP contribution in [0.1, 0.15) is 6.42 Å². The zero-order valence-electron chi connectivity index (χ0n) is 7.40. The van der Waals surface area contributed by atoms with E-state index in [4.69, 9.17) is 5.26 Å². The lowest BCUT2D eigenvalue weighted by atomic mass is 10.4. The Bertz CT molecular complexity index is 401. The summed E-state index contributed by atoms with van der Waals surface area (Å²) in [5, 5.41) is 12.4. The molecular formula is C8H9N3O2S. The summed E-state index contributed by atoms with van der Waals surface area (Å²) >= 11 is 1.05. The van der Waals surface area contributed by atoms with E-state index >= 15 is 0 Å². The molecule has 1 rings (SSSR count). The van der Waals surface area contributed by atoms with Gasteiger partial charge in [0.05, 0.1) is 12.5 Å². The second-order valence-electron chi connectivity index (χ2n) is 2.55. The minimum Gasteiger partial charge on any atom is -0.354 e. The van der Waals surface area contributed by atoms with Crippen molar-refractivity contribution in [2.24, 2.45) is 0 Å². The Morgan fingerprint density at radius 3 is 3.07 bits per heavy atom.